The molecule has 0 saturated heterocycles. The molecule has 5 heteroatoms. The van der Waals surface area contributed by atoms with Crippen molar-refractivity contribution >= 4 is 60.9 Å². The van der Waals surface area contributed by atoms with Gasteiger partial charge in [-0.05, 0) is 48.0 Å². The standard InChI is InChI=1S/C18H11Br2NO2/c19-12-4-1-11(2-5-12)3-7-14-10-16(18(22)23)15-9-13(20)6-8-17(15)21-14/h1-10H,(H,22,23). The molecule has 114 valence electrons. The normalized spacial score (nSPS) is 11.2. The van der Waals surface area contributed by atoms with Gasteiger partial charge < -0.3 is 5.11 Å². The lowest BCUT2D eigenvalue weighted by Gasteiger charge is -2.05. The predicted molar refractivity (Wildman–Crippen MR) is 99.5 cm³/mol. The predicted octanol–water partition coefficient (Wildman–Crippen LogP) is 5.63. The van der Waals surface area contributed by atoms with Gasteiger partial charge in [-0.3, -0.25) is 0 Å². The Morgan fingerprint density at radius 2 is 1.65 bits per heavy atom. The van der Waals surface area contributed by atoms with Crippen molar-refractivity contribution in [3.63, 3.8) is 0 Å². The van der Waals surface area contributed by atoms with Crippen LogP contribution in [-0.2, 0) is 0 Å². The number of halogens is 2. The molecule has 1 aromatic heterocycles. The number of carboxylic acids is 1. The number of hydrogen-bond acceptors (Lipinski definition) is 2. The largest absolute Gasteiger partial charge is 0.478 e. The number of carbonyl (C=O) groups is 1. The summed E-state index contributed by atoms with van der Waals surface area (Å²) >= 11 is 6.76. The van der Waals surface area contributed by atoms with Gasteiger partial charge in [-0.1, -0.05) is 50.1 Å². The lowest BCUT2D eigenvalue weighted by molar-refractivity contribution is 0.0699. The van der Waals surface area contributed by atoms with Crippen LogP contribution in [0, 0.1) is 0 Å². The zero-order valence-corrected chi connectivity index (χ0v) is 15.0. The van der Waals surface area contributed by atoms with E-state index in [-0.39, 0.29) is 5.56 Å². The van der Waals surface area contributed by atoms with Crippen molar-refractivity contribution in [2.75, 3.05) is 0 Å². The van der Waals surface area contributed by atoms with Crippen molar-refractivity contribution < 1.29 is 9.90 Å². The van der Waals surface area contributed by atoms with Crippen LogP contribution in [-0.4, -0.2) is 16.1 Å². The lowest BCUT2D eigenvalue weighted by atomic mass is 10.1. The Balaban J connectivity index is 2.06. The van der Waals surface area contributed by atoms with Gasteiger partial charge in [0.25, 0.3) is 0 Å². The summed E-state index contributed by atoms with van der Waals surface area (Å²) in [5, 5.41) is 10.1. The third-order valence-corrected chi connectivity index (χ3v) is 4.36. The van der Waals surface area contributed by atoms with E-state index in [4.69, 9.17) is 0 Å². The molecule has 0 bridgehead atoms. The van der Waals surface area contributed by atoms with E-state index in [2.05, 4.69) is 36.8 Å². The van der Waals surface area contributed by atoms with E-state index in [1.165, 1.54) is 0 Å². The van der Waals surface area contributed by atoms with Crippen molar-refractivity contribution in [2.45, 2.75) is 0 Å². The maximum Gasteiger partial charge on any atom is 0.336 e. The minimum atomic E-state index is -0.964. The summed E-state index contributed by atoms with van der Waals surface area (Å²) in [5.41, 5.74) is 2.53. The molecule has 0 radical (unpaired) electrons. The van der Waals surface area contributed by atoms with Gasteiger partial charge in [-0.2, -0.15) is 0 Å². The second-order valence-electron chi connectivity index (χ2n) is 4.95. The van der Waals surface area contributed by atoms with Gasteiger partial charge in [0.05, 0.1) is 16.8 Å². The summed E-state index contributed by atoms with van der Waals surface area (Å²) in [6.07, 6.45) is 3.72. The first-order valence-electron chi connectivity index (χ1n) is 6.80. The molecular formula is C18H11Br2NO2. The van der Waals surface area contributed by atoms with E-state index in [1.54, 1.807) is 12.1 Å². The minimum Gasteiger partial charge on any atom is -0.478 e. The number of rotatable bonds is 3. The molecule has 0 saturated carbocycles. The quantitative estimate of drug-likeness (QED) is 0.583. The summed E-state index contributed by atoms with van der Waals surface area (Å²) in [4.78, 5) is 16.0. The fourth-order valence-corrected chi connectivity index (χ4v) is 2.86. The summed E-state index contributed by atoms with van der Waals surface area (Å²) < 4.78 is 1.84. The van der Waals surface area contributed by atoms with Crippen LogP contribution in [0.25, 0.3) is 23.1 Å². The van der Waals surface area contributed by atoms with E-state index in [9.17, 15) is 9.90 Å². The third kappa shape index (κ3) is 3.68. The highest BCUT2D eigenvalue weighted by atomic mass is 79.9. The molecule has 0 aliphatic heterocycles. The number of aromatic carboxylic acids is 1. The van der Waals surface area contributed by atoms with Crippen LogP contribution < -0.4 is 0 Å². The molecule has 2 aromatic carbocycles. The topological polar surface area (TPSA) is 50.2 Å². The first-order valence-corrected chi connectivity index (χ1v) is 8.39. The van der Waals surface area contributed by atoms with E-state index < -0.39 is 5.97 Å². The second-order valence-corrected chi connectivity index (χ2v) is 6.78. The monoisotopic (exact) mass is 431 g/mol. The molecule has 1 heterocycles. The van der Waals surface area contributed by atoms with Crippen LogP contribution in [0.2, 0.25) is 0 Å². The highest BCUT2D eigenvalue weighted by Crippen LogP contribution is 2.24. The number of pyridine rings is 1. The molecule has 3 aromatic rings. The SMILES string of the molecule is O=C(O)c1cc(C=Cc2ccc(Br)cc2)nc2ccc(Br)cc12. The van der Waals surface area contributed by atoms with Crippen molar-refractivity contribution in [3.05, 3.63) is 74.3 Å². The average Bonchev–Trinajstić information content (AvgIpc) is 2.53. The van der Waals surface area contributed by atoms with Crippen molar-refractivity contribution in [1.82, 2.24) is 4.98 Å². The molecule has 3 nitrogen and oxygen atoms in total. The molecule has 0 aliphatic carbocycles. The van der Waals surface area contributed by atoms with Gasteiger partial charge in [0.2, 0.25) is 0 Å². The van der Waals surface area contributed by atoms with E-state index in [1.807, 2.05) is 48.6 Å². The number of aromatic nitrogens is 1. The first kappa shape index (κ1) is 15.9. The second kappa shape index (κ2) is 6.64. The lowest BCUT2D eigenvalue weighted by Crippen LogP contribution is -2.00. The Hall–Kier alpha value is -1.98. The Bertz CT molecular complexity index is 918. The van der Waals surface area contributed by atoms with E-state index in [0.29, 0.717) is 16.6 Å². The maximum absolute atomic E-state index is 11.5. The smallest absolute Gasteiger partial charge is 0.336 e. The van der Waals surface area contributed by atoms with Gasteiger partial charge in [0, 0.05) is 14.3 Å². The number of fused-ring (bicyclic) bond motifs is 1. The van der Waals surface area contributed by atoms with Crippen molar-refractivity contribution in [2.24, 2.45) is 0 Å². The maximum atomic E-state index is 11.5. The van der Waals surface area contributed by atoms with Crippen LogP contribution in [0.4, 0.5) is 0 Å². The average molecular weight is 433 g/mol. The highest BCUT2D eigenvalue weighted by molar-refractivity contribution is 9.10. The Morgan fingerprint density at radius 3 is 2.35 bits per heavy atom. The third-order valence-electron chi connectivity index (χ3n) is 3.34. The molecule has 0 unspecified atom stereocenters. The molecule has 0 spiro atoms. The number of nitrogens with zero attached hydrogens (tertiary/aromatic N) is 1. The molecule has 1 N–H and O–H groups in total. The van der Waals surface area contributed by atoms with Gasteiger partial charge in [0.15, 0.2) is 0 Å². The van der Waals surface area contributed by atoms with Crippen LogP contribution in [0.3, 0.4) is 0 Å². The Kier molecular flexibility index (Phi) is 4.59. The Morgan fingerprint density at radius 1 is 0.957 bits per heavy atom. The molecule has 3 rings (SSSR count). The van der Waals surface area contributed by atoms with Crippen LogP contribution >= 0.6 is 31.9 Å². The zero-order chi connectivity index (χ0) is 16.4. The van der Waals surface area contributed by atoms with Gasteiger partial charge in [-0.25, -0.2) is 9.78 Å². The number of hydrogen-bond donors (Lipinski definition) is 1. The van der Waals surface area contributed by atoms with Crippen LogP contribution in [0.15, 0.2) is 57.5 Å². The molecule has 0 amide bonds. The molecule has 0 atom stereocenters. The van der Waals surface area contributed by atoms with Gasteiger partial charge in [-0.15, -0.1) is 0 Å². The highest BCUT2D eigenvalue weighted by Gasteiger charge is 2.11. The van der Waals surface area contributed by atoms with E-state index in [0.717, 1.165) is 14.5 Å². The van der Waals surface area contributed by atoms with Gasteiger partial charge in [0.1, 0.15) is 0 Å². The summed E-state index contributed by atoms with van der Waals surface area (Å²) in [6.45, 7) is 0. The minimum absolute atomic E-state index is 0.242. The van der Waals surface area contributed by atoms with E-state index >= 15 is 0 Å². The van der Waals surface area contributed by atoms with Crippen LogP contribution in [0.1, 0.15) is 21.6 Å². The fourth-order valence-electron chi connectivity index (χ4n) is 2.24. The summed E-state index contributed by atoms with van der Waals surface area (Å²) in [5.74, 6) is -0.964. The van der Waals surface area contributed by atoms with Crippen molar-refractivity contribution in [3.8, 4) is 0 Å². The van der Waals surface area contributed by atoms with Gasteiger partial charge >= 0.3 is 5.97 Å². The number of carboxylic acid groups (broad SMARTS) is 1. The fraction of sp³-hybridized carbons (Fsp3) is 0. The summed E-state index contributed by atoms with van der Waals surface area (Å²) in [6, 6.07) is 14.9. The van der Waals surface area contributed by atoms with Crippen LogP contribution in [0.5, 0.6) is 0 Å². The molecular weight excluding hydrogens is 422 g/mol. The molecule has 23 heavy (non-hydrogen) atoms. The molecule has 0 aliphatic rings. The number of benzene rings is 2. The zero-order valence-electron chi connectivity index (χ0n) is 11.8. The summed E-state index contributed by atoms with van der Waals surface area (Å²) in [7, 11) is 0. The molecule has 0 fully saturated rings. The van der Waals surface area contributed by atoms with Crippen molar-refractivity contribution in [1.29, 1.82) is 0 Å². The Labute approximate surface area is 149 Å². The first-order chi connectivity index (χ1) is 11.0.